The normalized spacial score (nSPS) is 26.5. The molecule has 2 atom stereocenters. The van der Waals surface area contributed by atoms with Crippen molar-refractivity contribution in [2.75, 3.05) is 13.2 Å². The van der Waals surface area contributed by atoms with Gasteiger partial charge in [0.25, 0.3) is 0 Å². The molecule has 0 N–H and O–H groups in total. The van der Waals surface area contributed by atoms with Gasteiger partial charge in [0.2, 0.25) is 0 Å². The van der Waals surface area contributed by atoms with Crippen LogP contribution in [0.15, 0.2) is 24.3 Å². The SMILES string of the molecule is CCCCCC1CCC(OC(=O)c2ccc(C3COC(CCCCC)CO3)cc2)CC1. The Hall–Kier alpha value is -1.39. The first-order chi connectivity index (χ1) is 15.2. The summed E-state index contributed by atoms with van der Waals surface area (Å²) in [5, 5.41) is 0. The highest BCUT2D eigenvalue weighted by molar-refractivity contribution is 5.89. The minimum Gasteiger partial charge on any atom is -0.459 e. The molecular formula is C27H42O4. The Morgan fingerprint density at radius 1 is 0.871 bits per heavy atom. The topological polar surface area (TPSA) is 44.8 Å². The highest BCUT2D eigenvalue weighted by Gasteiger charge is 2.25. The second-order valence-corrected chi connectivity index (χ2v) is 9.44. The van der Waals surface area contributed by atoms with E-state index < -0.39 is 0 Å². The molecule has 1 aromatic rings. The molecule has 1 aromatic carbocycles. The van der Waals surface area contributed by atoms with Gasteiger partial charge in [-0.15, -0.1) is 0 Å². The zero-order chi connectivity index (χ0) is 21.9. The van der Waals surface area contributed by atoms with Crippen molar-refractivity contribution in [1.82, 2.24) is 0 Å². The summed E-state index contributed by atoms with van der Waals surface area (Å²) in [5.74, 6) is 0.627. The predicted octanol–water partition coefficient (Wildman–Crippen LogP) is 7.02. The van der Waals surface area contributed by atoms with Crippen molar-refractivity contribution < 1.29 is 19.0 Å². The van der Waals surface area contributed by atoms with Crippen LogP contribution in [-0.2, 0) is 14.2 Å². The van der Waals surface area contributed by atoms with Gasteiger partial charge in [0.1, 0.15) is 12.2 Å². The molecule has 2 unspecified atom stereocenters. The van der Waals surface area contributed by atoms with Gasteiger partial charge in [-0.05, 0) is 55.7 Å². The molecule has 174 valence electrons. The number of unbranched alkanes of at least 4 members (excludes halogenated alkanes) is 4. The number of carbonyl (C=O) groups excluding carboxylic acids is 1. The number of ether oxygens (including phenoxy) is 3. The molecule has 1 aliphatic heterocycles. The van der Waals surface area contributed by atoms with Crippen molar-refractivity contribution in [1.29, 1.82) is 0 Å². The fourth-order valence-corrected chi connectivity index (χ4v) is 4.80. The molecule has 1 aliphatic carbocycles. The summed E-state index contributed by atoms with van der Waals surface area (Å²) in [4.78, 5) is 12.6. The van der Waals surface area contributed by atoms with E-state index >= 15 is 0 Å². The van der Waals surface area contributed by atoms with Crippen LogP contribution in [-0.4, -0.2) is 31.4 Å². The number of hydrogen-bond acceptors (Lipinski definition) is 4. The van der Waals surface area contributed by atoms with Crippen molar-refractivity contribution in [3.63, 3.8) is 0 Å². The first-order valence-electron chi connectivity index (χ1n) is 12.7. The fraction of sp³-hybridized carbons (Fsp3) is 0.741. The van der Waals surface area contributed by atoms with Crippen LogP contribution >= 0.6 is 0 Å². The van der Waals surface area contributed by atoms with E-state index in [1.165, 1.54) is 57.8 Å². The molecule has 0 amide bonds. The van der Waals surface area contributed by atoms with Crippen LogP contribution < -0.4 is 0 Å². The van der Waals surface area contributed by atoms with Crippen LogP contribution in [0.4, 0.5) is 0 Å². The Labute approximate surface area is 189 Å². The van der Waals surface area contributed by atoms with Crippen LogP contribution in [0.25, 0.3) is 0 Å². The molecule has 0 bridgehead atoms. The van der Waals surface area contributed by atoms with Gasteiger partial charge in [-0.2, -0.15) is 0 Å². The molecule has 1 saturated carbocycles. The van der Waals surface area contributed by atoms with Gasteiger partial charge < -0.3 is 14.2 Å². The summed E-state index contributed by atoms with van der Waals surface area (Å²) in [5.41, 5.74) is 1.69. The zero-order valence-electron chi connectivity index (χ0n) is 19.7. The Balaban J connectivity index is 1.39. The summed E-state index contributed by atoms with van der Waals surface area (Å²) in [6.45, 7) is 5.71. The smallest absolute Gasteiger partial charge is 0.338 e. The average Bonchev–Trinajstić information content (AvgIpc) is 2.81. The van der Waals surface area contributed by atoms with Gasteiger partial charge in [-0.25, -0.2) is 4.79 Å². The molecular weight excluding hydrogens is 388 g/mol. The maximum absolute atomic E-state index is 12.6. The highest BCUT2D eigenvalue weighted by Crippen LogP contribution is 2.31. The lowest BCUT2D eigenvalue weighted by Gasteiger charge is -2.30. The zero-order valence-corrected chi connectivity index (χ0v) is 19.7. The van der Waals surface area contributed by atoms with E-state index in [2.05, 4.69) is 13.8 Å². The third-order valence-corrected chi connectivity index (χ3v) is 6.90. The summed E-state index contributed by atoms with van der Waals surface area (Å²) < 4.78 is 17.8. The van der Waals surface area contributed by atoms with Crippen LogP contribution in [0, 0.1) is 5.92 Å². The quantitative estimate of drug-likeness (QED) is 0.279. The van der Waals surface area contributed by atoms with Gasteiger partial charge in [-0.3, -0.25) is 0 Å². The van der Waals surface area contributed by atoms with Gasteiger partial charge in [0.05, 0.1) is 24.9 Å². The molecule has 2 aliphatic rings. The van der Waals surface area contributed by atoms with Gasteiger partial charge in [-0.1, -0.05) is 70.9 Å². The number of benzene rings is 1. The number of esters is 1. The van der Waals surface area contributed by atoms with Crippen molar-refractivity contribution in [2.45, 2.75) is 109 Å². The second kappa shape index (κ2) is 13.2. The molecule has 0 spiro atoms. The number of carbonyl (C=O) groups is 1. The van der Waals surface area contributed by atoms with Crippen LogP contribution in [0.1, 0.15) is 113 Å². The minimum absolute atomic E-state index is 0.0459. The summed E-state index contributed by atoms with van der Waals surface area (Å²) >= 11 is 0. The maximum Gasteiger partial charge on any atom is 0.338 e. The van der Waals surface area contributed by atoms with E-state index in [-0.39, 0.29) is 24.3 Å². The highest BCUT2D eigenvalue weighted by atomic mass is 16.6. The van der Waals surface area contributed by atoms with Crippen molar-refractivity contribution in [3.8, 4) is 0 Å². The first-order valence-corrected chi connectivity index (χ1v) is 12.7. The van der Waals surface area contributed by atoms with Crippen molar-refractivity contribution in [2.24, 2.45) is 5.92 Å². The summed E-state index contributed by atoms with van der Waals surface area (Å²) in [7, 11) is 0. The minimum atomic E-state index is -0.196. The number of hydrogen-bond donors (Lipinski definition) is 0. The molecule has 4 nitrogen and oxygen atoms in total. The monoisotopic (exact) mass is 430 g/mol. The standard InChI is InChI=1S/C27H42O4/c1-3-5-7-9-21-11-17-24(18-12-21)31-27(28)23-15-13-22(14-16-23)26-20-29-25(19-30-26)10-8-6-4-2/h13-16,21,24-26H,3-12,17-20H2,1-2H3. The van der Waals surface area contributed by atoms with Crippen LogP contribution in [0.3, 0.4) is 0 Å². The lowest BCUT2D eigenvalue weighted by Crippen LogP contribution is -2.31. The van der Waals surface area contributed by atoms with Crippen LogP contribution in [0.2, 0.25) is 0 Å². The molecule has 31 heavy (non-hydrogen) atoms. The summed E-state index contributed by atoms with van der Waals surface area (Å²) in [6.07, 6.45) is 14.7. The van der Waals surface area contributed by atoms with Gasteiger partial charge in [0.15, 0.2) is 0 Å². The van der Waals surface area contributed by atoms with E-state index in [0.717, 1.165) is 30.7 Å². The predicted molar refractivity (Wildman–Crippen MR) is 124 cm³/mol. The van der Waals surface area contributed by atoms with Gasteiger partial charge in [0, 0.05) is 0 Å². The Morgan fingerprint density at radius 3 is 2.16 bits per heavy atom. The Morgan fingerprint density at radius 2 is 1.55 bits per heavy atom. The fourth-order valence-electron chi connectivity index (χ4n) is 4.80. The molecule has 2 fully saturated rings. The molecule has 1 heterocycles. The van der Waals surface area contributed by atoms with E-state index in [9.17, 15) is 4.79 Å². The molecule has 1 saturated heterocycles. The molecule has 0 radical (unpaired) electrons. The second-order valence-electron chi connectivity index (χ2n) is 9.44. The molecule has 4 heteroatoms. The largest absolute Gasteiger partial charge is 0.459 e. The van der Waals surface area contributed by atoms with E-state index in [1.54, 1.807) is 0 Å². The van der Waals surface area contributed by atoms with Crippen molar-refractivity contribution >= 4 is 5.97 Å². The Kier molecular flexibility index (Phi) is 10.3. The van der Waals surface area contributed by atoms with Gasteiger partial charge >= 0.3 is 5.97 Å². The third kappa shape index (κ3) is 7.91. The van der Waals surface area contributed by atoms with E-state index in [0.29, 0.717) is 18.8 Å². The van der Waals surface area contributed by atoms with Crippen LogP contribution in [0.5, 0.6) is 0 Å². The lowest BCUT2D eigenvalue weighted by atomic mass is 9.84. The maximum atomic E-state index is 12.6. The summed E-state index contributed by atoms with van der Waals surface area (Å²) in [6, 6.07) is 7.69. The van der Waals surface area contributed by atoms with E-state index in [4.69, 9.17) is 14.2 Å². The average molecular weight is 431 g/mol. The first kappa shape index (κ1) is 24.3. The van der Waals surface area contributed by atoms with Crippen molar-refractivity contribution in [3.05, 3.63) is 35.4 Å². The third-order valence-electron chi connectivity index (χ3n) is 6.90. The molecule has 0 aromatic heterocycles. The molecule has 3 rings (SSSR count). The number of rotatable bonds is 11. The Bertz CT molecular complexity index is 625. The van der Waals surface area contributed by atoms with E-state index in [1.807, 2.05) is 24.3 Å². The lowest BCUT2D eigenvalue weighted by molar-refractivity contribution is -0.137.